The molecule has 29 heavy (non-hydrogen) atoms. The van der Waals surface area contributed by atoms with Gasteiger partial charge in [0.2, 0.25) is 11.7 Å². The van der Waals surface area contributed by atoms with E-state index >= 15 is 0 Å². The van der Waals surface area contributed by atoms with Crippen molar-refractivity contribution in [2.45, 2.75) is 18.8 Å². The molecule has 1 heterocycles. The number of tetrazole rings is 1. The summed E-state index contributed by atoms with van der Waals surface area (Å²) in [6.45, 7) is 0. The normalized spacial score (nSPS) is 11.9. The Kier molecular flexibility index (Phi) is 5.42. The molecule has 0 radical (unpaired) electrons. The van der Waals surface area contributed by atoms with Crippen LogP contribution in [0.15, 0.2) is 78.9 Å². The topological polar surface area (TPSA) is 97.5 Å². The fraction of sp³-hybridized carbons (Fsp3) is 0.130. The molecule has 0 aliphatic carbocycles. The van der Waals surface area contributed by atoms with Gasteiger partial charge >= 0.3 is 0 Å². The number of carbonyl (C=O) groups is 1. The molecule has 1 atom stereocenters. The summed E-state index contributed by atoms with van der Waals surface area (Å²) < 4.78 is 0. The molecule has 6 heteroatoms. The third-order valence-electron chi connectivity index (χ3n) is 4.93. The molecule has 0 saturated heterocycles. The highest BCUT2D eigenvalue weighted by atomic mass is 16.1. The van der Waals surface area contributed by atoms with Gasteiger partial charge in [-0.15, -0.1) is 10.2 Å². The van der Waals surface area contributed by atoms with Crippen LogP contribution in [0.2, 0.25) is 0 Å². The molecule has 3 N–H and O–H groups in total. The molecular formula is C23H21N5O. The summed E-state index contributed by atoms with van der Waals surface area (Å²) in [5, 5.41) is 14.2. The van der Waals surface area contributed by atoms with Crippen LogP contribution in [0.25, 0.3) is 22.5 Å². The Labute approximate surface area is 168 Å². The first kappa shape index (κ1) is 18.6. The largest absolute Gasteiger partial charge is 0.370 e. The second-order valence-corrected chi connectivity index (χ2v) is 7.00. The van der Waals surface area contributed by atoms with Crippen molar-refractivity contribution in [2.75, 3.05) is 0 Å². The van der Waals surface area contributed by atoms with E-state index in [0.717, 1.165) is 22.3 Å². The number of H-pyrrole nitrogens is 1. The fourth-order valence-corrected chi connectivity index (χ4v) is 3.56. The zero-order chi connectivity index (χ0) is 20.1. The summed E-state index contributed by atoms with van der Waals surface area (Å²) in [6, 6.07) is 26.5. The molecule has 144 valence electrons. The van der Waals surface area contributed by atoms with Crippen LogP contribution in [-0.2, 0) is 11.2 Å². The second-order valence-electron chi connectivity index (χ2n) is 7.00. The Bertz CT molecular complexity index is 1090. The molecule has 6 nitrogen and oxygen atoms in total. The number of amides is 1. The summed E-state index contributed by atoms with van der Waals surface area (Å²) in [5.74, 6) is 0.167. The Morgan fingerprint density at radius 1 is 0.897 bits per heavy atom. The lowest BCUT2D eigenvalue weighted by Gasteiger charge is -2.17. The van der Waals surface area contributed by atoms with Crippen molar-refractivity contribution in [3.63, 3.8) is 0 Å². The minimum Gasteiger partial charge on any atom is -0.370 e. The molecule has 1 unspecified atom stereocenters. The highest BCUT2D eigenvalue weighted by Gasteiger charge is 2.17. The van der Waals surface area contributed by atoms with Crippen molar-refractivity contribution in [2.24, 2.45) is 5.73 Å². The van der Waals surface area contributed by atoms with Crippen molar-refractivity contribution >= 4 is 5.91 Å². The van der Waals surface area contributed by atoms with Crippen LogP contribution in [0.3, 0.4) is 0 Å². The minimum absolute atomic E-state index is 0.0367. The summed E-state index contributed by atoms with van der Waals surface area (Å²) in [5.41, 5.74) is 10.9. The van der Waals surface area contributed by atoms with Gasteiger partial charge < -0.3 is 5.73 Å². The number of benzene rings is 3. The highest BCUT2D eigenvalue weighted by molar-refractivity contribution is 5.75. The van der Waals surface area contributed by atoms with Gasteiger partial charge in [0, 0.05) is 12.0 Å². The number of carbonyl (C=O) groups excluding carboxylic acids is 1. The zero-order valence-electron chi connectivity index (χ0n) is 15.8. The number of hydrogen-bond donors (Lipinski definition) is 2. The van der Waals surface area contributed by atoms with Crippen molar-refractivity contribution in [1.29, 1.82) is 0 Å². The van der Waals surface area contributed by atoms with Crippen molar-refractivity contribution in [3.8, 4) is 22.5 Å². The third kappa shape index (κ3) is 4.55. The first-order valence-electron chi connectivity index (χ1n) is 9.45. The molecule has 0 aliphatic rings. The maximum atomic E-state index is 11.8. The van der Waals surface area contributed by atoms with E-state index in [1.807, 2.05) is 42.5 Å². The van der Waals surface area contributed by atoms with Gasteiger partial charge in [0.1, 0.15) is 0 Å². The molecule has 1 amide bonds. The molecule has 0 spiro atoms. The SMILES string of the molecule is NC(=O)CC(Cc1cccc(-c2ccccc2)c1)c1cccc(-c2nn[nH]n2)c1. The number of nitrogens with two attached hydrogens (primary N) is 1. The predicted octanol–water partition coefficient (Wildman–Crippen LogP) is 3.74. The number of aromatic amines is 1. The van der Waals surface area contributed by atoms with E-state index in [1.54, 1.807) is 0 Å². The van der Waals surface area contributed by atoms with Gasteiger partial charge in [-0.3, -0.25) is 4.79 Å². The summed E-state index contributed by atoms with van der Waals surface area (Å²) in [7, 11) is 0. The average molecular weight is 383 g/mol. The standard InChI is InChI=1S/C23H21N5O/c24-22(29)15-21(19-10-5-11-20(14-19)23-25-27-28-26-23)13-16-6-4-9-18(12-16)17-7-2-1-3-8-17/h1-12,14,21H,13,15H2,(H2,24,29)(H,25,26,27,28). The van der Waals surface area contributed by atoms with Crippen molar-refractivity contribution in [1.82, 2.24) is 20.6 Å². The van der Waals surface area contributed by atoms with E-state index < -0.39 is 0 Å². The van der Waals surface area contributed by atoms with Crippen LogP contribution in [0.1, 0.15) is 23.5 Å². The van der Waals surface area contributed by atoms with Crippen LogP contribution < -0.4 is 5.73 Å². The van der Waals surface area contributed by atoms with Crippen LogP contribution in [0.4, 0.5) is 0 Å². The maximum absolute atomic E-state index is 11.8. The number of nitrogens with one attached hydrogen (secondary N) is 1. The van der Waals surface area contributed by atoms with E-state index in [0.29, 0.717) is 12.2 Å². The van der Waals surface area contributed by atoms with Crippen LogP contribution in [0, 0.1) is 0 Å². The zero-order valence-corrected chi connectivity index (χ0v) is 15.8. The third-order valence-corrected chi connectivity index (χ3v) is 4.93. The highest BCUT2D eigenvalue weighted by Crippen LogP contribution is 2.29. The smallest absolute Gasteiger partial charge is 0.218 e. The Balaban J connectivity index is 1.63. The number of rotatable bonds is 7. The molecule has 4 aromatic rings. The Hall–Kier alpha value is -3.80. The van der Waals surface area contributed by atoms with E-state index in [-0.39, 0.29) is 18.2 Å². The van der Waals surface area contributed by atoms with Crippen molar-refractivity contribution in [3.05, 3.63) is 90.0 Å². The lowest BCUT2D eigenvalue weighted by molar-refractivity contribution is -0.118. The van der Waals surface area contributed by atoms with Crippen LogP contribution >= 0.6 is 0 Å². The summed E-state index contributed by atoms with van der Waals surface area (Å²) >= 11 is 0. The molecule has 0 bridgehead atoms. The van der Waals surface area contributed by atoms with Crippen LogP contribution in [-0.4, -0.2) is 26.5 Å². The number of aromatic nitrogens is 4. The Morgan fingerprint density at radius 2 is 1.66 bits per heavy atom. The molecule has 3 aromatic carbocycles. The Morgan fingerprint density at radius 3 is 2.41 bits per heavy atom. The molecule has 0 fully saturated rings. The van der Waals surface area contributed by atoms with Gasteiger partial charge in [-0.25, -0.2) is 0 Å². The fourth-order valence-electron chi connectivity index (χ4n) is 3.56. The van der Waals surface area contributed by atoms with E-state index in [1.165, 1.54) is 5.56 Å². The van der Waals surface area contributed by atoms with Gasteiger partial charge in [-0.1, -0.05) is 72.8 Å². The first-order valence-corrected chi connectivity index (χ1v) is 9.45. The van der Waals surface area contributed by atoms with E-state index in [4.69, 9.17) is 5.73 Å². The predicted molar refractivity (Wildman–Crippen MR) is 112 cm³/mol. The van der Waals surface area contributed by atoms with Gasteiger partial charge in [-0.2, -0.15) is 5.21 Å². The lowest BCUT2D eigenvalue weighted by Crippen LogP contribution is -2.17. The molecule has 1 aromatic heterocycles. The van der Waals surface area contributed by atoms with Gasteiger partial charge in [0.05, 0.1) is 0 Å². The molecule has 4 rings (SSSR count). The second kappa shape index (κ2) is 8.48. The van der Waals surface area contributed by atoms with Gasteiger partial charge in [-0.05, 0) is 45.9 Å². The van der Waals surface area contributed by atoms with Crippen LogP contribution in [0.5, 0.6) is 0 Å². The first-order chi connectivity index (χ1) is 14.2. The van der Waals surface area contributed by atoms with Crippen molar-refractivity contribution < 1.29 is 4.79 Å². The van der Waals surface area contributed by atoms with Gasteiger partial charge in [0.25, 0.3) is 0 Å². The minimum atomic E-state index is -0.320. The monoisotopic (exact) mass is 383 g/mol. The van der Waals surface area contributed by atoms with Gasteiger partial charge in [0.15, 0.2) is 0 Å². The number of hydrogen-bond acceptors (Lipinski definition) is 4. The lowest BCUT2D eigenvalue weighted by atomic mass is 9.87. The summed E-state index contributed by atoms with van der Waals surface area (Å²) in [6.07, 6.45) is 0.977. The summed E-state index contributed by atoms with van der Waals surface area (Å²) in [4.78, 5) is 11.8. The van der Waals surface area contributed by atoms with E-state index in [9.17, 15) is 4.79 Å². The number of nitrogens with zero attached hydrogens (tertiary/aromatic N) is 3. The maximum Gasteiger partial charge on any atom is 0.218 e. The molecular weight excluding hydrogens is 362 g/mol. The molecule has 0 saturated carbocycles. The quantitative estimate of drug-likeness (QED) is 0.508. The number of primary amides is 1. The molecule has 0 aliphatic heterocycles. The average Bonchev–Trinajstić information content (AvgIpc) is 3.29. The van der Waals surface area contributed by atoms with E-state index in [2.05, 4.69) is 57.0 Å².